The minimum atomic E-state index is -1.06. The Bertz CT molecular complexity index is 401. The van der Waals surface area contributed by atoms with E-state index in [0.717, 1.165) is 11.5 Å². The van der Waals surface area contributed by atoms with Gasteiger partial charge in [0.1, 0.15) is 7.11 Å². The first-order valence-electron chi connectivity index (χ1n) is 3.60. The highest BCUT2D eigenvalue weighted by molar-refractivity contribution is 7.10. The number of anilines is 1. The van der Waals surface area contributed by atoms with E-state index in [9.17, 15) is 9.59 Å². The molecule has 79 valence electrons. The summed E-state index contributed by atoms with van der Waals surface area (Å²) in [4.78, 5) is 29.0. The molecule has 0 aliphatic rings. The molecular weight excluding hydrogens is 222 g/mol. The Morgan fingerprint density at radius 1 is 1.73 bits per heavy atom. The van der Waals surface area contributed by atoms with Crippen molar-refractivity contribution in [2.24, 2.45) is 5.16 Å². The van der Waals surface area contributed by atoms with Crippen LogP contribution in [0.15, 0.2) is 5.16 Å². The Kier molecular flexibility index (Phi) is 3.68. The molecule has 1 rings (SSSR count). The molecule has 0 saturated heterocycles. The van der Waals surface area contributed by atoms with Gasteiger partial charge in [-0.15, -0.1) is 0 Å². The molecule has 2 amide bonds. The summed E-state index contributed by atoms with van der Waals surface area (Å²) in [7, 11) is 1.24. The van der Waals surface area contributed by atoms with Crippen LogP contribution in [0.2, 0.25) is 0 Å². The Morgan fingerprint density at radius 2 is 2.47 bits per heavy atom. The third kappa shape index (κ3) is 2.71. The molecule has 1 heterocycles. The highest BCUT2D eigenvalue weighted by Gasteiger charge is 2.17. The number of carbonyl (C=O) groups is 2. The predicted molar refractivity (Wildman–Crippen MR) is 51.2 cm³/mol. The lowest BCUT2D eigenvalue weighted by Gasteiger charge is -1.93. The third-order valence-corrected chi connectivity index (χ3v) is 1.86. The number of nitrogens with zero attached hydrogens (tertiary/aromatic N) is 3. The van der Waals surface area contributed by atoms with Crippen LogP contribution in [0.1, 0.15) is 5.82 Å². The van der Waals surface area contributed by atoms with Crippen LogP contribution in [0.3, 0.4) is 0 Å². The van der Waals surface area contributed by atoms with Crippen molar-refractivity contribution in [2.45, 2.75) is 0 Å². The maximum absolute atomic E-state index is 10.8. The van der Waals surface area contributed by atoms with E-state index in [-0.39, 0.29) is 16.7 Å². The first-order valence-corrected chi connectivity index (χ1v) is 4.37. The topological polar surface area (TPSA) is 117 Å². The Labute approximate surface area is 88.3 Å². The number of rotatable bonds is 5. The van der Waals surface area contributed by atoms with Gasteiger partial charge in [0, 0.05) is 11.5 Å². The van der Waals surface area contributed by atoms with Gasteiger partial charge in [0.15, 0.2) is 0 Å². The van der Waals surface area contributed by atoms with Gasteiger partial charge < -0.3 is 10.2 Å². The molecule has 15 heavy (non-hydrogen) atoms. The van der Waals surface area contributed by atoms with Crippen molar-refractivity contribution in [3.63, 3.8) is 0 Å². The predicted octanol–water partition coefficient (Wildman–Crippen LogP) is -0.734. The van der Waals surface area contributed by atoms with Crippen LogP contribution < -0.4 is 11.1 Å². The van der Waals surface area contributed by atoms with E-state index in [1.165, 1.54) is 7.11 Å². The van der Waals surface area contributed by atoms with E-state index in [1.54, 1.807) is 0 Å². The molecule has 0 aliphatic heterocycles. The molecule has 0 spiro atoms. The summed E-state index contributed by atoms with van der Waals surface area (Å²) in [6.07, 6.45) is 0.431. The molecular formula is C6H6N5O3S. The van der Waals surface area contributed by atoms with Gasteiger partial charge in [0.2, 0.25) is 23.1 Å². The second kappa shape index (κ2) is 5.00. The molecule has 1 radical (unpaired) electrons. The molecule has 0 saturated carbocycles. The second-order valence-electron chi connectivity index (χ2n) is 2.14. The average molecular weight is 228 g/mol. The molecule has 0 fully saturated rings. The van der Waals surface area contributed by atoms with Crippen molar-refractivity contribution in [2.75, 3.05) is 12.4 Å². The summed E-state index contributed by atoms with van der Waals surface area (Å²) in [6.45, 7) is 0. The van der Waals surface area contributed by atoms with Gasteiger partial charge in [-0.25, -0.2) is 0 Å². The normalized spacial score (nSPS) is 10.9. The zero-order chi connectivity index (χ0) is 11.3. The number of hydrogen-bond donors (Lipinski definition) is 1. The minimum absolute atomic E-state index is 0.0498. The standard InChI is InChI=1S/C6H6N5O3S/c1-14-10-3(4(7)13)5-9-6(8-2-12)15-11-5/h2,7H,1H3,(H,8,9,11,12)/b10-3+. The van der Waals surface area contributed by atoms with Crippen LogP contribution in [0, 0.1) is 0 Å². The Balaban J connectivity index is 2.97. The van der Waals surface area contributed by atoms with Gasteiger partial charge in [0.05, 0.1) is 0 Å². The highest BCUT2D eigenvalue weighted by Crippen LogP contribution is 2.10. The van der Waals surface area contributed by atoms with Crippen LogP contribution in [-0.4, -0.2) is 34.5 Å². The maximum atomic E-state index is 10.8. The smallest absolute Gasteiger partial charge is 0.295 e. The van der Waals surface area contributed by atoms with Crippen LogP contribution >= 0.6 is 11.5 Å². The quantitative estimate of drug-likeness (QED) is 0.405. The highest BCUT2D eigenvalue weighted by atomic mass is 32.1. The van der Waals surface area contributed by atoms with Gasteiger partial charge in [0.25, 0.3) is 5.91 Å². The number of aromatic nitrogens is 2. The average Bonchev–Trinajstić information content (AvgIpc) is 2.62. The molecule has 1 aromatic rings. The molecule has 0 aromatic carbocycles. The number of oxime groups is 1. The Hall–Kier alpha value is -2.03. The van der Waals surface area contributed by atoms with Crippen molar-refractivity contribution in [3.05, 3.63) is 5.82 Å². The van der Waals surface area contributed by atoms with E-state index in [2.05, 4.69) is 24.7 Å². The van der Waals surface area contributed by atoms with Crippen LogP contribution in [0.5, 0.6) is 0 Å². The minimum Gasteiger partial charge on any atom is -0.398 e. The lowest BCUT2D eigenvalue weighted by Crippen LogP contribution is -2.18. The fraction of sp³-hybridized carbons (Fsp3) is 0.167. The molecule has 0 atom stereocenters. The number of carbonyl (C=O) groups excluding carboxylic acids is 2. The molecule has 0 unspecified atom stereocenters. The maximum Gasteiger partial charge on any atom is 0.295 e. The van der Waals surface area contributed by atoms with Gasteiger partial charge in [-0.2, -0.15) is 9.36 Å². The van der Waals surface area contributed by atoms with Crippen molar-refractivity contribution < 1.29 is 14.4 Å². The first-order chi connectivity index (χ1) is 7.19. The van der Waals surface area contributed by atoms with Crippen molar-refractivity contribution in [1.82, 2.24) is 15.1 Å². The molecule has 0 aliphatic carbocycles. The van der Waals surface area contributed by atoms with Crippen LogP contribution in [0.4, 0.5) is 5.13 Å². The monoisotopic (exact) mass is 228 g/mol. The van der Waals surface area contributed by atoms with E-state index < -0.39 is 5.91 Å². The molecule has 9 heteroatoms. The Morgan fingerprint density at radius 3 is 3.00 bits per heavy atom. The fourth-order valence-corrected chi connectivity index (χ4v) is 1.23. The van der Waals surface area contributed by atoms with E-state index in [4.69, 9.17) is 5.73 Å². The van der Waals surface area contributed by atoms with Gasteiger partial charge in [-0.05, 0) is 0 Å². The SMILES string of the molecule is CO/N=C(\C([NH])=O)c1nsc(NC=O)n1. The van der Waals surface area contributed by atoms with E-state index in [1.807, 2.05) is 0 Å². The fourth-order valence-electron chi connectivity index (χ4n) is 0.704. The van der Waals surface area contributed by atoms with Crippen molar-refractivity contribution >= 4 is 34.7 Å². The number of hydrogen-bond acceptors (Lipinski definition) is 7. The van der Waals surface area contributed by atoms with Gasteiger partial charge in [-0.3, -0.25) is 15.3 Å². The molecule has 0 bridgehead atoms. The van der Waals surface area contributed by atoms with Gasteiger partial charge in [-0.1, -0.05) is 5.16 Å². The summed E-state index contributed by atoms with van der Waals surface area (Å²) in [5, 5.41) is 5.79. The number of nitrogens with one attached hydrogen (secondary N) is 2. The summed E-state index contributed by atoms with van der Waals surface area (Å²) in [5.74, 6) is -1.11. The molecule has 8 nitrogen and oxygen atoms in total. The lowest BCUT2D eigenvalue weighted by molar-refractivity contribution is -0.112. The summed E-state index contributed by atoms with van der Waals surface area (Å²) in [6, 6.07) is 0. The van der Waals surface area contributed by atoms with Crippen LogP contribution in [0.25, 0.3) is 0 Å². The molecule has 1 aromatic heterocycles. The summed E-state index contributed by atoms with van der Waals surface area (Å²) < 4.78 is 3.73. The summed E-state index contributed by atoms with van der Waals surface area (Å²) in [5.41, 5.74) is 6.56. The molecule has 2 N–H and O–H groups in total. The second-order valence-corrected chi connectivity index (χ2v) is 2.89. The summed E-state index contributed by atoms with van der Waals surface area (Å²) >= 11 is 0.870. The largest absolute Gasteiger partial charge is 0.398 e. The van der Waals surface area contributed by atoms with E-state index in [0.29, 0.717) is 6.41 Å². The zero-order valence-corrected chi connectivity index (χ0v) is 8.37. The van der Waals surface area contributed by atoms with Crippen molar-refractivity contribution in [1.29, 1.82) is 0 Å². The third-order valence-electron chi connectivity index (χ3n) is 1.22. The van der Waals surface area contributed by atoms with E-state index >= 15 is 0 Å². The zero-order valence-electron chi connectivity index (χ0n) is 7.55. The lowest BCUT2D eigenvalue weighted by atomic mass is 10.3. The van der Waals surface area contributed by atoms with Crippen molar-refractivity contribution in [3.8, 4) is 0 Å². The van der Waals surface area contributed by atoms with Gasteiger partial charge >= 0.3 is 0 Å². The first kappa shape index (κ1) is 11.0. The van der Waals surface area contributed by atoms with Crippen LogP contribution in [-0.2, 0) is 14.4 Å². The number of amides is 2.